The third-order valence-corrected chi connectivity index (χ3v) is 3.62. The van der Waals surface area contributed by atoms with Gasteiger partial charge in [0.15, 0.2) is 5.82 Å². The van der Waals surface area contributed by atoms with Crippen LogP contribution in [0.25, 0.3) is 11.4 Å². The number of aromatic nitrogens is 2. The molecule has 0 saturated carbocycles. The molecule has 0 amide bonds. The van der Waals surface area contributed by atoms with Gasteiger partial charge in [-0.2, -0.15) is 0 Å². The summed E-state index contributed by atoms with van der Waals surface area (Å²) in [5.74, 6) is 1.05. The van der Waals surface area contributed by atoms with Crippen LogP contribution < -0.4 is 10.2 Å². The van der Waals surface area contributed by atoms with Gasteiger partial charge in [0.25, 0.3) is 0 Å². The fraction of sp³-hybridized carbons (Fsp3) is 0.375. The van der Waals surface area contributed by atoms with Crippen molar-refractivity contribution in [1.82, 2.24) is 15.3 Å². The SMILES string of the molecule is Cc1cc(N2CCCNCC2)nc(-c2ccccc2F)n1. The van der Waals surface area contributed by atoms with E-state index in [9.17, 15) is 4.39 Å². The minimum atomic E-state index is -0.286. The summed E-state index contributed by atoms with van der Waals surface area (Å²) in [5.41, 5.74) is 1.31. The molecule has 21 heavy (non-hydrogen) atoms. The van der Waals surface area contributed by atoms with E-state index in [0.29, 0.717) is 11.4 Å². The molecule has 0 spiro atoms. The summed E-state index contributed by atoms with van der Waals surface area (Å²) in [6.45, 7) is 5.76. The molecule has 1 aliphatic heterocycles. The van der Waals surface area contributed by atoms with E-state index >= 15 is 0 Å². The van der Waals surface area contributed by atoms with Gasteiger partial charge in [0.2, 0.25) is 0 Å². The molecule has 4 nitrogen and oxygen atoms in total. The lowest BCUT2D eigenvalue weighted by Crippen LogP contribution is -2.28. The van der Waals surface area contributed by atoms with Gasteiger partial charge in [-0.15, -0.1) is 0 Å². The van der Waals surface area contributed by atoms with E-state index in [2.05, 4.69) is 20.2 Å². The van der Waals surface area contributed by atoms with Gasteiger partial charge in [0, 0.05) is 31.4 Å². The minimum absolute atomic E-state index is 0.286. The van der Waals surface area contributed by atoms with Gasteiger partial charge in [0.05, 0.1) is 5.56 Å². The van der Waals surface area contributed by atoms with Crippen molar-refractivity contribution >= 4 is 5.82 Å². The normalized spacial score (nSPS) is 15.8. The third-order valence-electron chi connectivity index (χ3n) is 3.62. The number of aryl methyl sites for hydroxylation is 1. The molecule has 1 N–H and O–H groups in total. The van der Waals surface area contributed by atoms with Crippen LogP contribution in [-0.2, 0) is 0 Å². The second-order valence-electron chi connectivity index (χ2n) is 5.26. The van der Waals surface area contributed by atoms with Gasteiger partial charge in [-0.05, 0) is 32.0 Å². The molecular weight excluding hydrogens is 267 g/mol. The molecule has 110 valence electrons. The standard InChI is InChI=1S/C16H19FN4/c1-12-11-15(21-9-4-7-18-8-10-21)20-16(19-12)13-5-2-3-6-14(13)17/h2-3,5-6,11,18H,4,7-10H2,1H3. The lowest BCUT2D eigenvalue weighted by Gasteiger charge is -2.21. The van der Waals surface area contributed by atoms with Crippen molar-refractivity contribution in [1.29, 1.82) is 0 Å². The van der Waals surface area contributed by atoms with Gasteiger partial charge in [0.1, 0.15) is 11.6 Å². The molecule has 0 aliphatic carbocycles. The van der Waals surface area contributed by atoms with Crippen LogP contribution >= 0.6 is 0 Å². The second-order valence-corrected chi connectivity index (χ2v) is 5.26. The molecule has 2 aromatic rings. The number of benzene rings is 1. The smallest absolute Gasteiger partial charge is 0.164 e. The lowest BCUT2D eigenvalue weighted by molar-refractivity contribution is 0.629. The summed E-state index contributed by atoms with van der Waals surface area (Å²) in [6.07, 6.45) is 1.08. The number of nitrogens with one attached hydrogen (secondary N) is 1. The van der Waals surface area contributed by atoms with Crippen LogP contribution in [0.1, 0.15) is 12.1 Å². The quantitative estimate of drug-likeness (QED) is 0.920. The lowest BCUT2D eigenvalue weighted by atomic mass is 10.2. The van der Waals surface area contributed by atoms with Crippen LogP contribution in [0.15, 0.2) is 30.3 Å². The van der Waals surface area contributed by atoms with Crippen molar-refractivity contribution in [2.45, 2.75) is 13.3 Å². The molecule has 0 radical (unpaired) electrons. The molecule has 1 aliphatic rings. The Kier molecular flexibility index (Phi) is 4.10. The van der Waals surface area contributed by atoms with Crippen LogP contribution in [-0.4, -0.2) is 36.1 Å². The molecule has 1 aromatic heterocycles. The third kappa shape index (κ3) is 3.19. The van der Waals surface area contributed by atoms with Crippen molar-refractivity contribution in [3.8, 4) is 11.4 Å². The van der Waals surface area contributed by atoms with Crippen molar-refractivity contribution in [2.24, 2.45) is 0 Å². The molecular formula is C16H19FN4. The molecule has 5 heteroatoms. The van der Waals surface area contributed by atoms with Crippen LogP contribution in [0.3, 0.4) is 0 Å². The van der Waals surface area contributed by atoms with E-state index in [1.807, 2.05) is 13.0 Å². The topological polar surface area (TPSA) is 41.0 Å². The maximum absolute atomic E-state index is 13.9. The highest BCUT2D eigenvalue weighted by atomic mass is 19.1. The largest absolute Gasteiger partial charge is 0.355 e. The highest BCUT2D eigenvalue weighted by Gasteiger charge is 2.14. The Balaban J connectivity index is 1.98. The highest BCUT2D eigenvalue weighted by Crippen LogP contribution is 2.22. The maximum atomic E-state index is 13.9. The second kappa shape index (κ2) is 6.18. The fourth-order valence-corrected chi connectivity index (χ4v) is 2.55. The van der Waals surface area contributed by atoms with Crippen LogP contribution in [0.5, 0.6) is 0 Å². The molecule has 1 saturated heterocycles. The first-order valence-electron chi connectivity index (χ1n) is 7.30. The first kappa shape index (κ1) is 13.9. The van der Waals surface area contributed by atoms with Crippen LogP contribution in [0, 0.1) is 12.7 Å². The van der Waals surface area contributed by atoms with E-state index in [4.69, 9.17) is 0 Å². The molecule has 0 atom stereocenters. The monoisotopic (exact) mass is 286 g/mol. The summed E-state index contributed by atoms with van der Waals surface area (Å²) >= 11 is 0. The maximum Gasteiger partial charge on any atom is 0.164 e. The van der Waals surface area contributed by atoms with Crippen molar-refractivity contribution in [3.05, 3.63) is 41.8 Å². The Morgan fingerprint density at radius 2 is 2.00 bits per heavy atom. The van der Waals surface area contributed by atoms with E-state index < -0.39 is 0 Å². The van der Waals surface area contributed by atoms with Crippen LogP contribution in [0.4, 0.5) is 10.2 Å². The Bertz CT molecular complexity index is 621. The van der Waals surface area contributed by atoms with Crippen LogP contribution in [0.2, 0.25) is 0 Å². The number of hydrogen-bond donors (Lipinski definition) is 1. The highest BCUT2D eigenvalue weighted by molar-refractivity contribution is 5.58. The predicted molar refractivity (Wildman–Crippen MR) is 81.9 cm³/mol. The van der Waals surface area contributed by atoms with Gasteiger partial charge in [-0.25, -0.2) is 14.4 Å². The zero-order valence-electron chi connectivity index (χ0n) is 12.1. The summed E-state index contributed by atoms with van der Waals surface area (Å²) in [5, 5.41) is 3.37. The Hall–Kier alpha value is -2.01. The average molecular weight is 286 g/mol. The zero-order valence-corrected chi connectivity index (χ0v) is 12.1. The summed E-state index contributed by atoms with van der Waals surface area (Å²) < 4.78 is 13.9. The molecule has 1 aromatic carbocycles. The van der Waals surface area contributed by atoms with Crippen molar-refractivity contribution < 1.29 is 4.39 Å². The first-order valence-corrected chi connectivity index (χ1v) is 7.30. The summed E-state index contributed by atoms with van der Waals surface area (Å²) in [7, 11) is 0. The molecule has 2 heterocycles. The van der Waals surface area contributed by atoms with Crippen molar-refractivity contribution in [3.63, 3.8) is 0 Å². The minimum Gasteiger partial charge on any atom is -0.355 e. The Morgan fingerprint density at radius 3 is 2.86 bits per heavy atom. The van der Waals surface area contributed by atoms with Crippen molar-refractivity contribution in [2.75, 3.05) is 31.1 Å². The fourth-order valence-electron chi connectivity index (χ4n) is 2.55. The van der Waals surface area contributed by atoms with E-state index in [1.165, 1.54) is 6.07 Å². The Morgan fingerprint density at radius 1 is 1.14 bits per heavy atom. The molecule has 0 unspecified atom stereocenters. The zero-order chi connectivity index (χ0) is 14.7. The number of anilines is 1. The van der Waals surface area contributed by atoms with Gasteiger partial charge in [-0.3, -0.25) is 0 Å². The number of hydrogen-bond acceptors (Lipinski definition) is 4. The molecule has 0 bridgehead atoms. The van der Waals surface area contributed by atoms with E-state index in [0.717, 1.165) is 44.1 Å². The average Bonchev–Trinajstić information content (AvgIpc) is 2.76. The number of rotatable bonds is 2. The van der Waals surface area contributed by atoms with Gasteiger partial charge >= 0.3 is 0 Å². The van der Waals surface area contributed by atoms with E-state index in [-0.39, 0.29) is 5.82 Å². The number of nitrogens with zero attached hydrogens (tertiary/aromatic N) is 3. The predicted octanol–water partition coefficient (Wildman–Crippen LogP) is 2.39. The molecule has 1 fully saturated rings. The molecule has 3 rings (SSSR count). The summed E-state index contributed by atoms with van der Waals surface area (Å²) in [6, 6.07) is 8.61. The summed E-state index contributed by atoms with van der Waals surface area (Å²) in [4.78, 5) is 11.2. The number of halogens is 1. The first-order chi connectivity index (χ1) is 10.2. The van der Waals surface area contributed by atoms with E-state index in [1.54, 1.807) is 18.2 Å². The van der Waals surface area contributed by atoms with Gasteiger partial charge < -0.3 is 10.2 Å². The van der Waals surface area contributed by atoms with Gasteiger partial charge in [-0.1, -0.05) is 12.1 Å². The Labute approximate surface area is 124 Å².